The van der Waals surface area contributed by atoms with Crippen molar-refractivity contribution in [1.82, 2.24) is 5.32 Å². The predicted molar refractivity (Wildman–Crippen MR) is 50.8 cm³/mol. The molecule has 2 rings (SSSR count). The second-order valence-electron chi connectivity index (χ2n) is 4.17. The van der Waals surface area contributed by atoms with Gasteiger partial charge in [-0.1, -0.05) is 0 Å². The van der Waals surface area contributed by atoms with Gasteiger partial charge in [0.1, 0.15) is 0 Å². The highest BCUT2D eigenvalue weighted by atomic mass is 19.4. The lowest BCUT2D eigenvalue weighted by Crippen LogP contribution is -2.43. The first-order valence-corrected chi connectivity index (χ1v) is 5.10. The summed E-state index contributed by atoms with van der Waals surface area (Å²) in [6.45, 7) is 0. The van der Waals surface area contributed by atoms with Gasteiger partial charge in [0.15, 0.2) is 0 Å². The molecule has 2 aliphatic heterocycles. The molecule has 2 bridgehead atoms. The second-order valence-corrected chi connectivity index (χ2v) is 4.17. The molecule has 0 aromatic rings. The summed E-state index contributed by atoms with van der Waals surface area (Å²) in [4.78, 5) is 8.90. The minimum atomic E-state index is -5.08. The number of piperidine rings is 1. The van der Waals surface area contributed by atoms with E-state index in [0.717, 1.165) is 12.1 Å². The number of fused-ring (bicyclic) bond motifs is 2. The maximum Gasteiger partial charge on any atom is 0.490 e. The van der Waals surface area contributed by atoms with Crippen molar-refractivity contribution in [1.29, 1.82) is 0 Å². The van der Waals surface area contributed by atoms with Crippen LogP contribution < -0.4 is 11.1 Å². The van der Waals surface area contributed by atoms with Crippen LogP contribution in [0.3, 0.4) is 0 Å². The fraction of sp³-hybridized carbons (Fsp3) is 0.889. The molecular formula is C9H15F3N2O2. The zero-order valence-corrected chi connectivity index (χ0v) is 8.63. The van der Waals surface area contributed by atoms with Crippen molar-refractivity contribution in [3.8, 4) is 0 Å². The van der Waals surface area contributed by atoms with Gasteiger partial charge in [-0.15, -0.1) is 0 Å². The summed E-state index contributed by atoms with van der Waals surface area (Å²) in [5, 5.41) is 10.7. The van der Waals surface area contributed by atoms with E-state index in [0.29, 0.717) is 6.04 Å². The van der Waals surface area contributed by atoms with Crippen LogP contribution in [0.25, 0.3) is 0 Å². The van der Waals surface area contributed by atoms with E-state index in [4.69, 9.17) is 15.6 Å². The van der Waals surface area contributed by atoms with E-state index in [1.807, 2.05) is 0 Å². The van der Waals surface area contributed by atoms with Crippen LogP contribution in [-0.4, -0.2) is 35.4 Å². The maximum atomic E-state index is 10.6. The summed E-state index contributed by atoms with van der Waals surface area (Å²) in [5.74, 6) is -2.76. The molecule has 2 fully saturated rings. The second kappa shape index (κ2) is 5.01. The molecule has 4 nitrogen and oxygen atoms in total. The number of hydrogen-bond donors (Lipinski definition) is 3. The van der Waals surface area contributed by atoms with Crippen molar-refractivity contribution in [3.05, 3.63) is 0 Å². The molecule has 0 spiro atoms. The summed E-state index contributed by atoms with van der Waals surface area (Å²) < 4.78 is 31.7. The third-order valence-electron chi connectivity index (χ3n) is 2.75. The normalized spacial score (nSPS) is 32.9. The lowest BCUT2D eigenvalue weighted by Gasteiger charge is -2.25. The van der Waals surface area contributed by atoms with E-state index < -0.39 is 12.1 Å². The van der Waals surface area contributed by atoms with Crippen LogP contribution in [0.2, 0.25) is 0 Å². The highest BCUT2D eigenvalue weighted by Crippen LogP contribution is 2.25. The van der Waals surface area contributed by atoms with Crippen LogP contribution in [-0.2, 0) is 4.79 Å². The molecule has 16 heavy (non-hydrogen) atoms. The lowest BCUT2D eigenvalue weighted by atomic mass is 10.0. The van der Waals surface area contributed by atoms with Crippen molar-refractivity contribution in [2.24, 2.45) is 5.73 Å². The Morgan fingerprint density at radius 2 is 1.62 bits per heavy atom. The minimum absolute atomic E-state index is 0.490. The van der Waals surface area contributed by atoms with Crippen LogP contribution in [0, 0.1) is 0 Å². The zero-order chi connectivity index (χ0) is 12.3. The zero-order valence-electron chi connectivity index (χ0n) is 8.63. The molecular weight excluding hydrogens is 225 g/mol. The van der Waals surface area contributed by atoms with E-state index in [2.05, 4.69) is 5.32 Å². The number of carbonyl (C=O) groups is 1. The Kier molecular flexibility index (Phi) is 4.15. The van der Waals surface area contributed by atoms with Crippen molar-refractivity contribution in [3.63, 3.8) is 0 Å². The van der Waals surface area contributed by atoms with Gasteiger partial charge in [-0.05, 0) is 25.7 Å². The van der Waals surface area contributed by atoms with Gasteiger partial charge in [0.25, 0.3) is 0 Å². The molecule has 3 atom stereocenters. The third kappa shape index (κ3) is 3.97. The Balaban J connectivity index is 0.000000168. The van der Waals surface area contributed by atoms with Crippen molar-refractivity contribution in [2.45, 2.75) is 50.0 Å². The number of carboxylic acids is 1. The van der Waals surface area contributed by atoms with Crippen molar-refractivity contribution < 1.29 is 23.1 Å². The quantitative estimate of drug-likeness (QED) is 0.587. The van der Waals surface area contributed by atoms with Gasteiger partial charge in [0, 0.05) is 18.1 Å². The lowest BCUT2D eigenvalue weighted by molar-refractivity contribution is -0.192. The number of rotatable bonds is 0. The van der Waals surface area contributed by atoms with Gasteiger partial charge in [-0.3, -0.25) is 0 Å². The minimum Gasteiger partial charge on any atom is -0.475 e. The van der Waals surface area contributed by atoms with E-state index in [1.54, 1.807) is 0 Å². The first-order valence-electron chi connectivity index (χ1n) is 5.10. The number of alkyl halides is 3. The highest BCUT2D eigenvalue weighted by Gasteiger charge is 2.38. The Labute approximate surface area is 91.0 Å². The molecule has 1 unspecified atom stereocenters. The van der Waals surface area contributed by atoms with E-state index in [-0.39, 0.29) is 0 Å². The molecule has 0 amide bonds. The average Bonchev–Trinajstić information content (AvgIpc) is 2.45. The Morgan fingerprint density at radius 3 is 1.94 bits per heavy atom. The Hall–Kier alpha value is -0.820. The van der Waals surface area contributed by atoms with Gasteiger partial charge in [0.2, 0.25) is 0 Å². The summed E-state index contributed by atoms with van der Waals surface area (Å²) in [5.41, 5.74) is 5.82. The monoisotopic (exact) mass is 240 g/mol. The molecule has 0 radical (unpaired) electrons. The van der Waals surface area contributed by atoms with Gasteiger partial charge >= 0.3 is 12.1 Å². The number of halogens is 3. The van der Waals surface area contributed by atoms with Gasteiger partial charge in [-0.25, -0.2) is 4.79 Å². The first-order chi connectivity index (χ1) is 7.29. The summed E-state index contributed by atoms with van der Waals surface area (Å²) in [6, 6.07) is 2.02. The Morgan fingerprint density at radius 1 is 1.25 bits per heavy atom. The molecule has 0 saturated carbocycles. The van der Waals surface area contributed by atoms with Crippen LogP contribution in [0.1, 0.15) is 25.7 Å². The SMILES string of the molecule is NC1C[C@H]2CC[C@@H](C1)N2.O=C(O)C(F)(F)F. The third-order valence-corrected chi connectivity index (χ3v) is 2.75. The molecule has 2 saturated heterocycles. The van der Waals surface area contributed by atoms with Crippen molar-refractivity contribution in [2.75, 3.05) is 0 Å². The Bertz CT molecular complexity index is 246. The predicted octanol–water partition coefficient (Wildman–Crippen LogP) is 0.861. The molecule has 4 N–H and O–H groups in total. The highest BCUT2D eigenvalue weighted by molar-refractivity contribution is 5.73. The summed E-state index contributed by atoms with van der Waals surface area (Å²) in [6.07, 6.45) is 0.0454. The van der Waals surface area contributed by atoms with Crippen molar-refractivity contribution >= 4 is 5.97 Å². The molecule has 94 valence electrons. The largest absolute Gasteiger partial charge is 0.490 e. The molecule has 2 aliphatic rings. The topological polar surface area (TPSA) is 75.3 Å². The fourth-order valence-electron chi connectivity index (χ4n) is 2.10. The van der Waals surface area contributed by atoms with Crippen LogP contribution in [0.4, 0.5) is 13.2 Å². The van der Waals surface area contributed by atoms with Gasteiger partial charge in [0.05, 0.1) is 0 Å². The van der Waals surface area contributed by atoms with Crippen LogP contribution in [0.5, 0.6) is 0 Å². The summed E-state index contributed by atoms with van der Waals surface area (Å²) >= 11 is 0. The summed E-state index contributed by atoms with van der Waals surface area (Å²) in [7, 11) is 0. The van der Waals surface area contributed by atoms with Crippen LogP contribution in [0.15, 0.2) is 0 Å². The number of hydrogen-bond acceptors (Lipinski definition) is 3. The fourth-order valence-corrected chi connectivity index (χ4v) is 2.10. The van der Waals surface area contributed by atoms with Crippen LogP contribution >= 0.6 is 0 Å². The van der Waals surface area contributed by atoms with Gasteiger partial charge in [-0.2, -0.15) is 13.2 Å². The molecule has 0 aliphatic carbocycles. The van der Waals surface area contributed by atoms with E-state index >= 15 is 0 Å². The first kappa shape index (κ1) is 13.2. The maximum absolute atomic E-state index is 10.6. The number of carboxylic acid groups (broad SMARTS) is 1. The number of nitrogens with two attached hydrogens (primary N) is 1. The standard InChI is InChI=1S/C7H14N2.C2HF3O2/c8-5-3-6-1-2-7(4-5)9-6;3-2(4,5)1(6)7/h5-7,9H,1-4,8H2;(H,6,7)/t5?,6-,7+;. The molecule has 7 heteroatoms. The van der Waals surface area contributed by atoms with E-state index in [9.17, 15) is 13.2 Å². The average molecular weight is 240 g/mol. The molecule has 0 aromatic heterocycles. The molecule has 0 aromatic carbocycles. The number of aliphatic carboxylic acids is 1. The van der Waals surface area contributed by atoms with Gasteiger partial charge < -0.3 is 16.2 Å². The molecule has 2 heterocycles. The smallest absolute Gasteiger partial charge is 0.475 e. The number of nitrogens with one attached hydrogen (secondary N) is 1. The van der Waals surface area contributed by atoms with E-state index in [1.165, 1.54) is 25.7 Å².